The lowest BCUT2D eigenvalue weighted by Gasteiger charge is -2.29. The van der Waals surface area contributed by atoms with Crippen LogP contribution in [0.25, 0.3) is 44.2 Å². The van der Waals surface area contributed by atoms with E-state index in [9.17, 15) is 5.11 Å². The minimum Gasteiger partial charge on any atom is -0.456 e. The van der Waals surface area contributed by atoms with Crippen LogP contribution in [0.2, 0.25) is 0 Å². The summed E-state index contributed by atoms with van der Waals surface area (Å²) in [5.74, 6) is 0. The van der Waals surface area contributed by atoms with Gasteiger partial charge in [-0.05, 0) is 34.4 Å². The predicted molar refractivity (Wildman–Crippen MR) is 133 cm³/mol. The third kappa shape index (κ3) is 2.41. The van der Waals surface area contributed by atoms with Crippen molar-refractivity contribution in [2.75, 3.05) is 0 Å². The molecule has 1 atom stereocenters. The van der Waals surface area contributed by atoms with Gasteiger partial charge in [-0.2, -0.15) is 0 Å². The Morgan fingerprint density at radius 3 is 1.97 bits per heavy atom. The first-order valence-electron chi connectivity index (χ1n) is 11.2. The summed E-state index contributed by atoms with van der Waals surface area (Å²) in [4.78, 5) is 0. The first kappa shape index (κ1) is 18.4. The quantitative estimate of drug-likeness (QED) is 0.312. The largest absolute Gasteiger partial charge is 0.456 e. The molecule has 7 rings (SSSR count). The van der Waals surface area contributed by atoms with Gasteiger partial charge in [0.1, 0.15) is 16.8 Å². The highest BCUT2D eigenvalue weighted by Gasteiger charge is 2.46. The molecule has 1 aliphatic rings. The fourth-order valence-electron chi connectivity index (χ4n) is 5.49. The van der Waals surface area contributed by atoms with Crippen LogP contribution in [0.4, 0.5) is 0 Å². The molecule has 0 aliphatic heterocycles. The molecule has 0 saturated heterocycles. The van der Waals surface area contributed by atoms with Gasteiger partial charge in [-0.15, -0.1) is 0 Å². The molecule has 0 bridgehead atoms. The van der Waals surface area contributed by atoms with Crippen molar-refractivity contribution in [3.63, 3.8) is 0 Å². The Morgan fingerprint density at radius 1 is 0.515 bits per heavy atom. The number of para-hydroxylation sites is 1. The van der Waals surface area contributed by atoms with Crippen LogP contribution in [0.3, 0.4) is 0 Å². The van der Waals surface area contributed by atoms with Crippen LogP contribution in [-0.4, -0.2) is 5.11 Å². The van der Waals surface area contributed by atoms with Crippen molar-refractivity contribution in [2.24, 2.45) is 0 Å². The van der Waals surface area contributed by atoms with E-state index in [1.165, 1.54) is 0 Å². The Labute approximate surface area is 191 Å². The van der Waals surface area contributed by atoms with E-state index < -0.39 is 5.60 Å². The second kappa shape index (κ2) is 6.68. The highest BCUT2D eigenvalue weighted by Crippen LogP contribution is 2.55. The SMILES string of the molecule is OC1(c2ccccc2-c2ccccc2)c2ccccc2-c2ccc3c(oc4ccccc43)c21. The number of aliphatic hydroxyl groups is 1. The average molecular weight is 424 g/mol. The summed E-state index contributed by atoms with van der Waals surface area (Å²) in [7, 11) is 0. The van der Waals surface area contributed by atoms with Gasteiger partial charge < -0.3 is 9.52 Å². The lowest BCUT2D eigenvalue weighted by atomic mass is 9.80. The van der Waals surface area contributed by atoms with E-state index in [-0.39, 0.29) is 0 Å². The molecular weight excluding hydrogens is 404 g/mol. The highest BCUT2D eigenvalue weighted by molar-refractivity contribution is 6.09. The molecule has 1 unspecified atom stereocenters. The van der Waals surface area contributed by atoms with Gasteiger partial charge in [-0.25, -0.2) is 0 Å². The summed E-state index contributed by atoms with van der Waals surface area (Å²) in [5, 5.41) is 14.9. The van der Waals surface area contributed by atoms with E-state index >= 15 is 0 Å². The molecule has 2 nitrogen and oxygen atoms in total. The molecule has 1 N–H and O–H groups in total. The zero-order valence-corrected chi connectivity index (χ0v) is 17.8. The van der Waals surface area contributed by atoms with Crippen LogP contribution in [0.1, 0.15) is 16.7 Å². The predicted octanol–water partition coefficient (Wildman–Crippen LogP) is 7.52. The summed E-state index contributed by atoms with van der Waals surface area (Å²) in [6.07, 6.45) is 0. The number of furan rings is 1. The van der Waals surface area contributed by atoms with Crippen LogP contribution in [-0.2, 0) is 5.60 Å². The summed E-state index contributed by atoms with van der Waals surface area (Å²) < 4.78 is 6.43. The average Bonchev–Trinajstić information content (AvgIpc) is 3.39. The number of hydrogen-bond acceptors (Lipinski definition) is 2. The van der Waals surface area contributed by atoms with Crippen molar-refractivity contribution in [1.82, 2.24) is 0 Å². The molecule has 1 aromatic heterocycles. The molecule has 156 valence electrons. The molecule has 0 saturated carbocycles. The van der Waals surface area contributed by atoms with Crippen molar-refractivity contribution in [3.8, 4) is 22.3 Å². The van der Waals surface area contributed by atoms with Crippen molar-refractivity contribution in [2.45, 2.75) is 5.60 Å². The van der Waals surface area contributed by atoms with Gasteiger partial charge in [0.05, 0.1) is 0 Å². The van der Waals surface area contributed by atoms with E-state index in [0.29, 0.717) is 0 Å². The van der Waals surface area contributed by atoms with E-state index in [0.717, 1.165) is 60.9 Å². The fourth-order valence-corrected chi connectivity index (χ4v) is 5.49. The van der Waals surface area contributed by atoms with Crippen LogP contribution >= 0.6 is 0 Å². The second-order valence-corrected chi connectivity index (χ2v) is 8.63. The third-order valence-electron chi connectivity index (χ3n) is 6.92. The Hall–Kier alpha value is -4.14. The molecular formula is C31H20O2. The lowest BCUT2D eigenvalue weighted by molar-refractivity contribution is 0.132. The normalized spacial score (nSPS) is 16.8. The highest BCUT2D eigenvalue weighted by atomic mass is 16.3. The maximum absolute atomic E-state index is 12.8. The van der Waals surface area contributed by atoms with Crippen molar-refractivity contribution in [1.29, 1.82) is 0 Å². The van der Waals surface area contributed by atoms with E-state index in [1.807, 2.05) is 72.8 Å². The Bertz CT molecular complexity index is 1680. The van der Waals surface area contributed by atoms with E-state index in [4.69, 9.17) is 4.42 Å². The van der Waals surface area contributed by atoms with Crippen molar-refractivity contribution >= 4 is 21.9 Å². The maximum atomic E-state index is 12.8. The fraction of sp³-hybridized carbons (Fsp3) is 0.0323. The van der Waals surface area contributed by atoms with E-state index in [1.54, 1.807) is 0 Å². The zero-order valence-electron chi connectivity index (χ0n) is 17.8. The van der Waals surface area contributed by atoms with E-state index in [2.05, 4.69) is 42.5 Å². The second-order valence-electron chi connectivity index (χ2n) is 8.63. The molecule has 1 heterocycles. The standard InChI is InChI=1S/C31H20O2/c32-31(26-15-7-4-12-21(26)20-10-2-1-3-11-20)27-16-8-5-13-22(27)24-18-19-25-23-14-6-9-17-28(23)33-30(25)29(24)31/h1-19,32H. The summed E-state index contributed by atoms with van der Waals surface area (Å²) >= 11 is 0. The van der Waals surface area contributed by atoms with Crippen LogP contribution in [0, 0.1) is 0 Å². The van der Waals surface area contributed by atoms with Gasteiger partial charge >= 0.3 is 0 Å². The number of benzene rings is 5. The summed E-state index contributed by atoms with van der Waals surface area (Å²) in [6, 6.07) is 38.9. The van der Waals surface area contributed by atoms with Gasteiger partial charge in [-0.3, -0.25) is 0 Å². The Balaban J connectivity index is 1.63. The molecule has 0 fully saturated rings. The van der Waals surface area contributed by atoms with Crippen LogP contribution in [0.5, 0.6) is 0 Å². The van der Waals surface area contributed by atoms with Gasteiger partial charge in [0.2, 0.25) is 0 Å². The summed E-state index contributed by atoms with van der Waals surface area (Å²) in [6.45, 7) is 0. The zero-order chi connectivity index (χ0) is 22.0. The lowest BCUT2D eigenvalue weighted by Crippen LogP contribution is -2.27. The monoisotopic (exact) mass is 424 g/mol. The third-order valence-corrected chi connectivity index (χ3v) is 6.92. The Morgan fingerprint density at radius 2 is 1.15 bits per heavy atom. The van der Waals surface area contributed by atoms with Gasteiger partial charge in [0, 0.05) is 27.5 Å². The van der Waals surface area contributed by atoms with Crippen LogP contribution < -0.4 is 0 Å². The topological polar surface area (TPSA) is 33.4 Å². The van der Waals surface area contributed by atoms with Gasteiger partial charge in [0.25, 0.3) is 0 Å². The number of hydrogen-bond donors (Lipinski definition) is 1. The number of rotatable bonds is 2. The van der Waals surface area contributed by atoms with Gasteiger partial charge in [-0.1, -0.05) is 103 Å². The first-order valence-corrected chi connectivity index (χ1v) is 11.2. The Kier molecular flexibility index (Phi) is 3.73. The van der Waals surface area contributed by atoms with Gasteiger partial charge in [0.15, 0.2) is 0 Å². The molecule has 1 aliphatic carbocycles. The smallest absolute Gasteiger partial charge is 0.145 e. The number of fused-ring (bicyclic) bond motifs is 7. The maximum Gasteiger partial charge on any atom is 0.145 e. The first-order chi connectivity index (χ1) is 16.3. The molecule has 6 aromatic rings. The molecule has 0 amide bonds. The van der Waals surface area contributed by atoms with Crippen molar-refractivity contribution < 1.29 is 9.52 Å². The van der Waals surface area contributed by atoms with Crippen molar-refractivity contribution in [3.05, 3.63) is 132 Å². The minimum absolute atomic E-state index is 0.746. The van der Waals surface area contributed by atoms with Crippen LogP contribution in [0.15, 0.2) is 120 Å². The summed E-state index contributed by atoms with van der Waals surface area (Å²) in [5.41, 5.74) is 6.94. The molecule has 2 heteroatoms. The molecule has 0 spiro atoms. The molecule has 5 aromatic carbocycles. The minimum atomic E-state index is -1.34. The molecule has 33 heavy (non-hydrogen) atoms. The molecule has 0 radical (unpaired) electrons.